The molecule has 2 aliphatic rings. The largest absolute Gasteiger partial charge is 0.326 e. The topological polar surface area (TPSA) is 78.4 Å². The fraction of sp³-hybridized carbons (Fsp3) is 0.348. The van der Waals surface area contributed by atoms with Crippen molar-refractivity contribution in [2.45, 2.75) is 37.9 Å². The SMILES string of the molecule is O=C1C[C@H](N2CCC(n3c(=O)[nH]c4ccccc43)CC2)C(=O)N1Cc1ccccc1. The zero-order chi connectivity index (χ0) is 20.7. The van der Waals surface area contributed by atoms with E-state index in [2.05, 4.69) is 9.88 Å². The van der Waals surface area contributed by atoms with E-state index in [4.69, 9.17) is 0 Å². The number of benzene rings is 2. The summed E-state index contributed by atoms with van der Waals surface area (Å²) in [6, 6.07) is 17.0. The van der Waals surface area contributed by atoms with Crippen LogP contribution < -0.4 is 5.69 Å². The van der Waals surface area contributed by atoms with Crippen LogP contribution in [-0.2, 0) is 16.1 Å². The van der Waals surface area contributed by atoms with E-state index in [1.807, 2.05) is 59.2 Å². The summed E-state index contributed by atoms with van der Waals surface area (Å²) in [5.41, 5.74) is 2.63. The monoisotopic (exact) mass is 404 g/mol. The van der Waals surface area contributed by atoms with Gasteiger partial charge in [-0.2, -0.15) is 0 Å². The Hall–Kier alpha value is -3.19. The molecule has 0 saturated carbocycles. The predicted octanol–water partition coefficient (Wildman–Crippen LogP) is 2.29. The summed E-state index contributed by atoms with van der Waals surface area (Å²) in [4.78, 5) is 44.4. The number of carbonyl (C=O) groups excluding carboxylic acids is 2. The van der Waals surface area contributed by atoms with Crippen LogP contribution in [0.4, 0.5) is 0 Å². The molecule has 2 aliphatic heterocycles. The lowest BCUT2D eigenvalue weighted by atomic mass is 10.0. The van der Waals surface area contributed by atoms with Gasteiger partial charge in [0.2, 0.25) is 11.8 Å². The molecule has 30 heavy (non-hydrogen) atoms. The van der Waals surface area contributed by atoms with Gasteiger partial charge in [-0.25, -0.2) is 4.79 Å². The van der Waals surface area contributed by atoms with Crippen molar-refractivity contribution in [1.29, 1.82) is 0 Å². The van der Waals surface area contributed by atoms with Gasteiger partial charge in [0.25, 0.3) is 0 Å². The first-order valence-corrected chi connectivity index (χ1v) is 10.4. The van der Waals surface area contributed by atoms with Crippen LogP contribution >= 0.6 is 0 Å². The quantitative estimate of drug-likeness (QED) is 0.677. The molecule has 1 atom stereocenters. The van der Waals surface area contributed by atoms with E-state index in [0.29, 0.717) is 19.6 Å². The smallest absolute Gasteiger partial charge is 0.306 e. The second kappa shape index (κ2) is 7.57. The number of H-pyrrole nitrogens is 1. The number of piperidine rings is 1. The molecule has 0 bridgehead atoms. The molecule has 2 aromatic carbocycles. The molecule has 1 aromatic heterocycles. The number of hydrogen-bond donors (Lipinski definition) is 1. The summed E-state index contributed by atoms with van der Waals surface area (Å²) < 4.78 is 1.84. The number of para-hydroxylation sites is 2. The fourth-order valence-corrected chi connectivity index (χ4v) is 4.78. The molecule has 3 aromatic rings. The first kappa shape index (κ1) is 18.8. The Morgan fingerprint density at radius 3 is 2.37 bits per heavy atom. The van der Waals surface area contributed by atoms with Crippen LogP contribution in [0.25, 0.3) is 11.0 Å². The van der Waals surface area contributed by atoms with Crippen molar-refractivity contribution in [3.63, 3.8) is 0 Å². The van der Waals surface area contributed by atoms with Gasteiger partial charge in [0.05, 0.1) is 30.0 Å². The van der Waals surface area contributed by atoms with Crippen LogP contribution in [0.3, 0.4) is 0 Å². The number of likely N-dealkylation sites (tertiary alicyclic amines) is 2. The van der Waals surface area contributed by atoms with Gasteiger partial charge < -0.3 is 4.98 Å². The van der Waals surface area contributed by atoms with Crippen molar-refractivity contribution >= 4 is 22.8 Å². The average molecular weight is 404 g/mol. The van der Waals surface area contributed by atoms with Crippen molar-refractivity contribution in [2.75, 3.05) is 13.1 Å². The average Bonchev–Trinajstić information content (AvgIpc) is 3.25. The number of nitrogens with zero attached hydrogens (tertiary/aromatic N) is 3. The van der Waals surface area contributed by atoms with Gasteiger partial charge in [-0.1, -0.05) is 42.5 Å². The molecule has 3 heterocycles. The number of hydrogen-bond acceptors (Lipinski definition) is 4. The summed E-state index contributed by atoms with van der Waals surface area (Å²) in [5.74, 6) is -0.213. The third kappa shape index (κ3) is 3.25. The van der Waals surface area contributed by atoms with E-state index in [1.54, 1.807) is 0 Å². The van der Waals surface area contributed by atoms with E-state index in [0.717, 1.165) is 29.4 Å². The van der Waals surface area contributed by atoms with Gasteiger partial charge in [-0.15, -0.1) is 0 Å². The van der Waals surface area contributed by atoms with Gasteiger partial charge in [-0.05, 0) is 30.5 Å². The minimum absolute atomic E-state index is 0.0872. The highest BCUT2D eigenvalue weighted by Gasteiger charge is 2.42. The van der Waals surface area contributed by atoms with Crippen LogP contribution in [-0.4, -0.2) is 50.3 Å². The number of carbonyl (C=O) groups is 2. The van der Waals surface area contributed by atoms with E-state index in [1.165, 1.54) is 4.90 Å². The predicted molar refractivity (Wildman–Crippen MR) is 113 cm³/mol. The lowest BCUT2D eigenvalue weighted by molar-refractivity contribution is -0.140. The molecule has 2 saturated heterocycles. The van der Waals surface area contributed by atoms with Gasteiger partial charge in [0.15, 0.2) is 0 Å². The fourth-order valence-electron chi connectivity index (χ4n) is 4.78. The molecule has 0 unspecified atom stereocenters. The Morgan fingerprint density at radius 1 is 0.900 bits per heavy atom. The molecule has 0 spiro atoms. The zero-order valence-corrected chi connectivity index (χ0v) is 16.7. The molecule has 7 nitrogen and oxygen atoms in total. The van der Waals surface area contributed by atoms with Crippen molar-refractivity contribution in [3.8, 4) is 0 Å². The molecule has 5 rings (SSSR count). The third-order valence-corrected chi connectivity index (χ3v) is 6.33. The summed E-state index contributed by atoms with van der Waals surface area (Å²) in [7, 11) is 0. The molecular weight excluding hydrogens is 380 g/mol. The Labute approximate surface area is 173 Å². The van der Waals surface area contributed by atoms with Crippen LogP contribution in [0.5, 0.6) is 0 Å². The minimum atomic E-state index is -0.387. The van der Waals surface area contributed by atoms with Gasteiger partial charge in [-0.3, -0.25) is 24.0 Å². The number of rotatable bonds is 4. The van der Waals surface area contributed by atoms with E-state index < -0.39 is 0 Å². The molecule has 154 valence electrons. The number of nitrogens with one attached hydrogen (secondary N) is 1. The maximum atomic E-state index is 13.0. The number of amides is 2. The molecule has 2 fully saturated rings. The number of imide groups is 1. The summed E-state index contributed by atoms with van der Waals surface area (Å²) >= 11 is 0. The number of fused-ring (bicyclic) bond motifs is 1. The van der Waals surface area contributed by atoms with E-state index in [-0.39, 0.29) is 36.0 Å². The number of imidazole rings is 1. The standard InChI is InChI=1S/C23H24N4O3/c28-21-14-20(22(29)26(21)15-16-6-2-1-3-7-16)25-12-10-17(11-13-25)27-19-9-5-4-8-18(19)24-23(27)30/h1-9,17,20H,10-15H2,(H,24,30)/t20-/m0/s1. The van der Waals surface area contributed by atoms with Crippen LogP contribution in [0.1, 0.15) is 30.9 Å². The summed E-state index contributed by atoms with van der Waals surface area (Å²) in [5, 5.41) is 0. The van der Waals surface area contributed by atoms with Crippen molar-refractivity contribution in [2.24, 2.45) is 0 Å². The highest BCUT2D eigenvalue weighted by Crippen LogP contribution is 2.29. The molecule has 0 aliphatic carbocycles. The molecule has 0 radical (unpaired) electrons. The molecular formula is C23H24N4O3. The minimum Gasteiger partial charge on any atom is -0.306 e. The summed E-state index contributed by atoms with van der Waals surface area (Å²) in [6.07, 6.45) is 1.79. The van der Waals surface area contributed by atoms with Crippen LogP contribution in [0, 0.1) is 0 Å². The first-order valence-electron chi connectivity index (χ1n) is 10.4. The van der Waals surface area contributed by atoms with E-state index in [9.17, 15) is 14.4 Å². The second-order valence-electron chi connectivity index (χ2n) is 8.11. The lowest BCUT2D eigenvalue weighted by Gasteiger charge is -2.35. The van der Waals surface area contributed by atoms with Gasteiger partial charge >= 0.3 is 5.69 Å². The van der Waals surface area contributed by atoms with E-state index >= 15 is 0 Å². The van der Waals surface area contributed by atoms with Crippen molar-refractivity contribution < 1.29 is 9.59 Å². The molecule has 1 N–H and O–H groups in total. The Kier molecular flexibility index (Phi) is 4.75. The van der Waals surface area contributed by atoms with Crippen molar-refractivity contribution in [1.82, 2.24) is 19.4 Å². The molecule has 2 amide bonds. The first-order chi connectivity index (χ1) is 14.6. The highest BCUT2D eigenvalue weighted by atomic mass is 16.2. The molecule has 7 heteroatoms. The summed E-state index contributed by atoms with van der Waals surface area (Å²) in [6.45, 7) is 1.72. The normalized spacial score (nSPS) is 21.1. The lowest BCUT2D eigenvalue weighted by Crippen LogP contribution is -2.46. The maximum Gasteiger partial charge on any atom is 0.326 e. The number of aromatic nitrogens is 2. The maximum absolute atomic E-state index is 13.0. The van der Waals surface area contributed by atoms with Crippen molar-refractivity contribution in [3.05, 3.63) is 70.6 Å². The zero-order valence-electron chi connectivity index (χ0n) is 16.7. The number of aromatic amines is 1. The van der Waals surface area contributed by atoms with Crippen LogP contribution in [0.2, 0.25) is 0 Å². The van der Waals surface area contributed by atoms with Crippen LogP contribution in [0.15, 0.2) is 59.4 Å². The van der Waals surface area contributed by atoms with Gasteiger partial charge in [0, 0.05) is 19.1 Å². The highest BCUT2D eigenvalue weighted by molar-refractivity contribution is 6.05. The Bertz CT molecular complexity index is 1140. The second-order valence-corrected chi connectivity index (χ2v) is 8.11. The Balaban J connectivity index is 1.28. The Morgan fingerprint density at radius 2 is 1.60 bits per heavy atom. The third-order valence-electron chi connectivity index (χ3n) is 6.33. The van der Waals surface area contributed by atoms with Gasteiger partial charge in [0.1, 0.15) is 0 Å².